The van der Waals surface area contributed by atoms with E-state index in [9.17, 15) is 0 Å². The van der Waals surface area contributed by atoms with E-state index in [2.05, 4.69) is 78.5 Å². The Labute approximate surface area is 130 Å². The Balaban J connectivity index is 2.23. The molecule has 2 aromatic carbocycles. The van der Waals surface area contributed by atoms with Crippen molar-refractivity contribution in [2.75, 3.05) is 7.05 Å². The number of nitrogens with one attached hydrogen (secondary N) is 1. The Morgan fingerprint density at radius 3 is 2.50 bits per heavy atom. The Hall–Kier alpha value is -0.860. The van der Waals surface area contributed by atoms with Crippen molar-refractivity contribution in [1.82, 2.24) is 5.32 Å². The maximum atomic E-state index is 3.53. The van der Waals surface area contributed by atoms with E-state index < -0.39 is 0 Å². The van der Waals surface area contributed by atoms with Crippen LogP contribution in [0.5, 0.6) is 0 Å². The highest BCUT2D eigenvalue weighted by Gasteiger charge is 2.13. The molecule has 20 heavy (non-hydrogen) atoms. The predicted octanol–water partition coefficient (Wildman–Crippen LogP) is 5.69. The molecule has 2 rings (SSSR count). The Morgan fingerprint density at radius 1 is 1.10 bits per heavy atom. The maximum Gasteiger partial charge on any atom is 0.0320 e. The summed E-state index contributed by atoms with van der Waals surface area (Å²) in [4.78, 5) is 0. The van der Waals surface area contributed by atoms with Crippen LogP contribution in [0, 0.1) is 5.92 Å². The molecule has 2 aromatic rings. The highest BCUT2D eigenvalue weighted by molar-refractivity contribution is 9.10. The fraction of sp³-hybridized carbons (Fsp3) is 0.444. The van der Waals surface area contributed by atoms with Gasteiger partial charge in [-0.1, -0.05) is 60.8 Å². The van der Waals surface area contributed by atoms with E-state index in [-0.39, 0.29) is 0 Å². The molecule has 1 N–H and O–H groups in total. The highest BCUT2D eigenvalue weighted by Crippen LogP contribution is 2.27. The van der Waals surface area contributed by atoms with Crippen LogP contribution >= 0.6 is 15.9 Å². The maximum absolute atomic E-state index is 3.53. The molecule has 0 aromatic heterocycles. The summed E-state index contributed by atoms with van der Waals surface area (Å²) in [6.45, 7) is 4.62. The fourth-order valence-electron chi connectivity index (χ4n) is 2.89. The zero-order valence-electron chi connectivity index (χ0n) is 12.6. The summed E-state index contributed by atoms with van der Waals surface area (Å²) in [6, 6.07) is 13.7. The lowest BCUT2D eigenvalue weighted by Crippen LogP contribution is -2.19. The molecule has 0 aliphatic carbocycles. The van der Waals surface area contributed by atoms with Crippen molar-refractivity contribution in [1.29, 1.82) is 0 Å². The zero-order chi connectivity index (χ0) is 14.5. The molecular weight excluding hydrogens is 310 g/mol. The smallest absolute Gasteiger partial charge is 0.0320 e. The molecule has 2 unspecified atom stereocenters. The first-order chi connectivity index (χ1) is 9.63. The van der Waals surface area contributed by atoms with Crippen molar-refractivity contribution < 1.29 is 0 Å². The van der Waals surface area contributed by atoms with Gasteiger partial charge >= 0.3 is 0 Å². The Kier molecular flexibility index (Phi) is 5.62. The standard InChI is InChI=1S/C18H24BrN/c1-4-5-13(2)10-18(20-3)16-7-6-15-12-17(19)9-8-14(15)11-16/h6-9,11-13,18,20H,4-5,10H2,1-3H3. The summed E-state index contributed by atoms with van der Waals surface area (Å²) in [5.41, 5.74) is 1.39. The first kappa shape index (κ1) is 15.5. The minimum Gasteiger partial charge on any atom is -0.313 e. The third-order valence-corrected chi connectivity index (χ3v) is 4.49. The highest BCUT2D eigenvalue weighted by atomic mass is 79.9. The lowest BCUT2D eigenvalue weighted by atomic mass is 9.92. The van der Waals surface area contributed by atoms with Gasteiger partial charge in [-0.3, -0.25) is 0 Å². The van der Waals surface area contributed by atoms with Gasteiger partial charge in [-0.05, 0) is 53.9 Å². The zero-order valence-corrected chi connectivity index (χ0v) is 14.2. The lowest BCUT2D eigenvalue weighted by molar-refractivity contribution is 0.407. The SMILES string of the molecule is CCCC(C)CC(NC)c1ccc2cc(Br)ccc2c1. The van der Waals surface area contributed by atoms with Crippen molar-refractivity contribution in [2.24, 2.45) is 5.92 Å². The largest absolute Gasteiger partial charge is 0.313 e. The quantitative estimate of drug-likeness (QED) is 0.716. The van der Waals surface area contributed by atoms with E-state index in [1.54, 1.807) is 0 Å². The third-order valence-electron chi connectivity index (χ3n) is 4.00. The molecule has 1 nitrogen and oxygen atoms in total. The topological polar surface area (TPSA) is 12.0 Å². The lowest BCUT2D eigenvalue weighted by Gasteiger charge is -2.21. The molecule has 0 radical (unpaired) electrons. The number of halogens is 1. The molecule has 0 aliphatic rings. The van der Waals surface area contributed by atoms with E-state index in [0.717, 1.165) is 10.4 Å². The van der Waals surface area contributed by atoms with Gasteiger partial charge in [0.15, 0.2) is 0 Å². The number of rotatable bonds is 6. The summed E-state index contributed by atoms with van der Waals surface area (Å²) in [5, 5.41) is 6.08. The van der Waals surface area contributed by atoms with Crippen molar-refractivity contribution >= 4 is 26.7 Å². The Morgan fingerprint density at radius 2 is 1.80 bits per heavy atom. The number of fused-ring (bicyclic) bond motifs is 1. The van der Waals surface area contributed by atoms with E-state index in [1.165, 1.54) is 35.6 Å². The normalized spacial score (nSPS) is 14.4. The molecule has 0 aliphatic heterocycles. The fourth-order valence-corrected chi connectivity index (χ4v) is 3.26. The van der Waals surface area contributed by atoms with Crippen LogP contribution in [-0.4, -0.2) is 7.05 Å². The van der Waals surface area contributed by atoms with E-state index >= 15 is 0 Å². The summed E-state index contributed by atoms with van der Waals surface area (Å²) >= 11 is 3.53. The van der Waals surface area contributed by atoms with Gasteiger partial charge in [0, 0.05) is 10.5 Å². The first-order valence-electron chi connectivity index (χ1n) is 7.50. The number of benzene rings is 2. The van der Waals surface area contributed by atoms with Crippen LogP contribution in [0.1, 0.15) is 44.7 Å². The van der Waals surface area contributed by atoms with Gasteiger partial charge in [-0.25, -0.2) is 0 Å². The minimum absolute atomic E-state index is 0.449. The van der Waals surface area contributed by atoms with Gasteiger partial charge in [0.25, 0.3) is 0 Å². The van der Waals surface area contributed by atoms with Crippen LogP contribution in [0.2, 0.25) is 0 Å². The van der Waals surface area contributed by atoms with Gasteiger partial charge in [-0.2, -0.15) is 0 Å². The monoisotopic (exact) mass is 333 g/mol. The van der Waals surface area contributed by atoms with E-state index in [1.807, 2.05) is 0 Å². The number of hydrogen-bond donors (Lipinski definition) is 1. The second-order valence-electron chi connectivity index (χ2n) is 5.72. The second kappa shape index (κ2) is 7.24. The van der Waals surface area contributed by atoms with Crippen molar-refractivity contribution in [2.45, 2.75) is 39.2 Å². The molecule has 0 bridgehead atoms. The van der Waals surface area contributed by atoms with Crippen LogP contribution in [0.3, 0.4) is 0 Å². The minimum atomic E-state index is 0.449. The van der Waals surface area contributed by atoms with Gasteiger partial charge < -0.3 is 5.32 Å². The van der Waals surface area contributed by atoms with Gasteiger partial charge in [0.2, 0.25) is 0 Å². The van der Waals surface area contributed by atoms with Crippen molar-refractivity contribution in [3.8, 4) is 0 Å². The van der Waals surface area contributed by atoms with Gasteiger partial charge in [-0.15, -0.1) is 0 Å². The second-order valence-corrected chi connectivity index (χ2v) is 6.64. The summed E-state index contributed by atoms with van der Waals surface area (Å²) in [7, 11) is 2.06. The molecule has 0 saturated carbocycles. The van der Waals surface area contributed by atoms with Crippen LogP contribution < -0.4 is 5.32 Å². The molecule has 0 spiro atoms. The van der Waals surface area contributed by atoms with Crippen LogP contribution in [-0.2, 0) is 0 Å². The average Bonchev–Trinajstić information content (AvgIpc) is 2.44. The average molecular weight is 334 g/mol. The van der Waals surface area contributed by atoms with Gasteiger partial charge in [0.1, 0.15) is 0 Å². The van der Waals surface area contributed by atoms with E-state index in [0.29, 0.717) is 6.04 Å². The molecule has 2 heteroatoms. The molecule has 0 heterocycles. The summed E-state index contributed by atoms with van der Waals surface area (Å²) in [5.74, 6) is 0.762. The van der Waals surface area contributed by atoms with Crippen LogP contribution in [0.4, 0.5) is 0 Å². The number of hydrogen-bond acceptors (Lipinski definition) is 1. The van der Waals surface area contributed by atoms with Crippen molar-refractivity contribution in [3.05, 3.63) is 46.4 Å². The van der Waals surface area contributed by atoms with Crippen LogP contribution in [0.15, 0.2) is 40.9 Å². The molecular formula is C18H24BrN. The molecule has 0 amide bonds. The van der Waals surface area contributed by atoms with E-state index in [4.69, 9.17) is 0 Å². The third kappa shape index (κ3) is 3.83. The predicted molar refractivity (Wildman–Crippen MR) is 92.1 cm³/mol. The molecule has 0 saturated heterocycles. The molecule has 2 atom stereocenters. The summed E-state index contributed by atoms with van der Waals surface area (Å²) in [6.07, 6.45) is 3.77. The summed E-state index contributed by atoms with van der Waals surface area (Å²) < 4.78 is 1.14. The van der Waals surface area contributed by atoms with Gasteiger partial charge in [0.05, 0.1) is 0 Å². The first-order valence-corrected chi connectivity index (χ1v) is 8.29. The Bertz CT molecular complexity index is 564. The van der Waals surface area contributed by atoms with Crippen molar-refractivity contribution in [3.63, 3.8) is 0 Å². The molecule has 0 fully saturated rings. The van der Waals surface area contributed by atoms with Crippen LogP contribution in [0.25, 0.3) is 10.8 Å². The molecule has 108 valence electrons.